The summed E-state index contributed by atoms with van der Waals surface area (Å²) in [6.07, 6.45) is 1.99. The monoisotopic (exact) mass is 417 g/mol. The van der Waals surface area contributed by atoms with Crippen LogP contribution in [0.3, 0.4) is 0 Å². The van der Waals surface area contributed by atoms with E-state index in [0.717, 1.165) is 31.2 Å². The zero-order chi connectivity index (χ0) is 22.0. The minimum absolute atomic E-state index is 0.0401. The van der Waals surface area contributed by atoms with Crippen molar-refractivity contribution in [3.8, 4) is 11.5 Å². The largest absolute Gasteiger partial charge is 0.492 e. The van der Waals surface area contributed by atoms with Crippen molar-refractivity contribution in [1.29, 1.82) is 0 Å². The van der Waals surface area contributed by atoms with Crippen LogP contribution in [0.25, 0.3) is 0 Å². The predicted molar refractivity (Wildman–Crippen MR) is 114 cm³/mol. The Morgan fingerprint density at radius 3 is 2.30 bits per heavy atom. The molecule has 0 fully saturated rings. The zero-order valence-electron chi connectivity index (χ0n) is 17.6. The number of carbonyl (C=O) groups is 1. The topological polar surface area (TPSA) is 38.8 Å². The summed E-state index contributed by atoms with van der Waals surface area (Å²) < 4.78 is 39.4. The lowest BCUT2D eigenvalue weighted by atomic mass is 10.1. The van der Waals surface area contributed by atoms with Crippen molar-refractivity contribution in [1.82, 2.24) is 4.90 Å². The summed E-state index contributed by atoms with van der Waals surface area (Å²) >= 11 is 0. The van der Waals surface area contributed by atoms with Crippen LogP contribution >= 0.6 is 0 Å². The molecule has 0 aromatic heterocycles. The summed E-state index contributed by atoms with van der Waals surface area (Å²) in [5.41, 5.74) is 0.863. The number of nitrogens with zero attached hydrogens (tertiary/aromatic N) is 1. The molecule has 0 atom stereocenters. The number of hydrogen-bond acceptors (Lipinski definition) is 3. The average molecular weight is 417 g/mol. The molecule has 0 N–H and O–H groups in total. The van der Waals surface area contributed by atoms with Crippen molar-refractivity contribution < 1.29 is 23.0 Å². The molecule has 6 heteroatoms. The minimum atomic E-state index is -3.43. The fourth-order valence-electron chi connectivity index (χ4n) is 2.82. The maximum absolute atomic E-state index is 14.5. The second-order valence-corrected chi connectivity index (χ2v) is 7.06. The van der Waals surface area contributed by atoms with E-state index in [1.165, 1.54) is 35.2 Å². The summed E-state index contributed by atoms with van der Waals surface area (Å²) in [7, 11) is 1.64. The first-order valence-corrected chi connectivity index (χ1v) is 10.1. The third kappa shape index (κ3) is 7.17. The summed E-state index contributed by atoms with van der Waals surface area (Å²) in [6, 6.07) is 12.3. The van der Waals surface area contributed by atoms with Crippen LogP contribution in [0.4, 0.5) is 8.78 Å². The normalized spacial score (nSPS) is 11.1. The van der Waals surface area contributed by atoms with Crippen LogP contribution in [0.2, 0.25) is 0 Å². The maximum Gasteiger partial charge on any atom is 0.426 e. The molecule has 0 radical (unpaired) electrons. The third-order valence-corrected chi connectivity index (χ3v) is 4.68. The lowest BCUT2D eigenvalue weighted by Gasteiger charge is -2.19. The van der Waals surface area contributed by atoms with E-state index in [9.17, 15) is 13.6 Å². The fourth-order valence-corrected chi connectivity index (χ4v) is 2.82. The van der Waals surface area contributed by atoms with Crippen LogP contribution in [-0.4, -0.2) is 31.0 Å². The minimum Gasteiger partial charge on any atom is -0.492 e. The first-order chi connectivity index (χ1) is 14.4. The van der Waals surface area contributed by atoms with Gasteiger partial charge in [-0.2, -0.15) is 8.78 Å². The Hall–Kier alpha value is -2.89. The highest BCUT2D eigenvalue weighted by Gasteiger charge is 2.34. The molecule has 4 nitrogen and oxygen atoms in total. The van der Waals surface area contributed by atoms with Gasteiger partial charge in [0, 0.05) is 7.05 Å². The molecule has 30 heavy (non-hydrogen) atoms. The number of unbranched alkanes of at least 4 members (excludes halogenated alkanes) is 2. The number of alkyl halides is 2. The molecule has 0 saturated carbocycles. The standard InChI is InChI=1S/C24H29F2NO3/c1-4-6-7-8-19-9-11-20(12-10-19)24(25,26)30-22-15-13-21(14-16-22)29-18-17-27(3)23(28)5-2/h5,9-16H,2,4,6-8,17-18H2,1,3H3. The molecule has 2 aromatic carbocycles. The number of halogens is 2. The van der Waals surface area contributed by atoms with Gasteiger partial charge in [-0.1, -0.05) is 38.5 Å². The Bertz CT molecular complexity index is 804. The Kier molecular flexibility index (Phi) is 8.84. The van der Waals surface area contributed by atoms with Crippen molar-refractivity contribution in [2.24, 2.45) is 0 Å². The Balaban J connectivity index is 1.88. The molecule has 0 aliphatic carbocycles. The fraction of sp³-hybridized carbons (Fsp3) is 0.375. The van der Waals surface area contributed by atoms with E-state index in [2.05, 4.69) is 13.5 Å². The van der Waals surface area contributed by atoms with E-state index in [1.807, 2.05) is 0 Å². The molecule has 0 aliphatic heterocycles. The average Bonchev–Trinajstić information content (AvgIpc) is 2.74. The summed E-state index contributed by atoms with van der Waals surface area (Å²) in [5, 5.41) is 0. The van der Waals surface area contributed by atoms with Gasteiger partial charge in [-0.3, -0.25) is 4.79 Å². The molecule has 2 rings (SSSR count). The Morgan fingerprint density at radius 2 is 1.70 bits per heavy atom. The Morgan fingerprint density at radius 1 is 1.07 bits per heavy atom. The SMILES string of the molecule is C=CC(=O)N(C)CCOc1ccc(OC(F)(F)c2ccc(CCCCC)cc2)cc1. The molecule has 0 heterocycles. The molecule has 1 amide bonds. The van der Waals surface area contributed by atoms with Gasteiger partial charge in [0.25, 0.3) is 0 Å². The van der Waals surface area contributed by atoms with Gasteiger partial charge in [0.2, 0.25) is 5.91 Å². The van der Waals surface area contributed by atoms with Crippen molar-refractivity contribution in [2.75, 3.05) is 20.2 Å². The summed E-state index contributed by atoms with van der Waals surface area (Å²) in [4.78, 5) is 12.9. The van der Waals surface area contributed by atoms with Crippen molar-refractivity contribution in [3.63, 3.8) is 0 Å². The molecule has 2 aromatic rings. The van der Waals surface area contributed by atoms with Crippen LogP contribution in [0.5, 0.6) is 11.5 Å². The molecule has 0 aliphatic rings. The van der Waals surface area contributed by atoms with Gasteiger partial charge in [0.05, 0.1) is 12.1 Å². The highest BCUT2D eigenvalue weighted by Crippen LogP contribution is 2.32. The second-order valence-electron chi connectivity index (χ2n) is 7.06. The number of benzene rings is 2. The first kappa shape index (κ1) is 23.4. The van der Waals surface area contributed by atoms with Gasteiger partial charge in [0.1, 0.15) is 18.1 Å². The molecule has 162 valence electrons. The number of amides is 1. The second kappa shape index (κ2) is 11.3. The quantitative estimate of drug-likeness (QED) is 0.335. The van der Waals surface area contributed by atoms with Crippen LogP contribution < -0.4 is 9.47 Å². The lowest BCUT2D eigenvalue weighted by Crippen LogP contribution is -2.29. The number of aryl methyl sites for hydroxylation is 1. The summed E-state index contributed by atoms with van der Waals surface area (Å²) in [5.74, 6) is 0.346. The van der Waals surface area contributed by atoms with E-state index in [0.29, 0.717) is 12.3 Å². The smallest absolute Gasteiger partial charge is 0.426 e. The highest BCUT2D eigenvalue weighted by atomic mass is 19.3. The van der Waals surface area contributed by atoms with Crippen molar-refractivity contribution in [2.45, 2.75) is 38.7 Å². The van der Waals surface area contributed by atoms with Crippen molar-refractivity contribution in [3.05, 3.63) is 72.3 Å². The van der Waals surface area contributed by atoms with Gasteiger partial charge < -0.3 is 14.4 Å². The number of ether oxygens (including phenoxy) is 2. The van der Waals surface area contributed by atoms with Crippen LogP contribution in [0, 0.1) is 0 Å². The van der Waals surface area contributed by atoms with Gasteiger partial charge in [-0.05, 0) is 60.9 Å². The van der Waals surface area contributed by atoms with Crippen molar-refractivity contribution >= 4 is 5.91 Å². The van der Waals surface area contributed by atoms with Gasteiger partial charge >= 0.3 is 6.11 Å². The van der Waals surface area contributed by atoms with E-state index in [-0.39, 0.29) is 23.8 Å². The molecule has 0 bridgehead atoms. The first-order valence-electron chi connectivity index (χ1n) is 10.1. The van der Waals surface area contributed by atoms with Gasteiger partial charge in [0.15, 0.2) is 0 Å². The van der Waals surface area contributed by atoms with Gasteiger partial charge in [-0.15, -0.1) is 0 Å². The van der Waals surface area contributed by atoms with Gasteiger partial charge in [-0.25, -0.2) is 0 Å². The van der Waals surface area contributed by atoms with Crippen LogP contribution in [0.15, 0.2) is 61.2 Å². The predicted octanol–water partition coefficient (Wildman–Crippen LogP) is 5.57. The molecular formula is C24H29F2NO3. The summed E-state index contributed by atoms with van der Waals surface area (Å²) in [6.45, 7) is 6.21. The number of likely N-dealkylation sites (N-methyl/N-ethyl adjacent to an activating group) is 1. The molecular weight excluding hydrogens is 388 g/mol. The van der Waals surface area contributed by atoms with Crippen LogP contribution in [-0.2, 0) is 17.3 Å². The zero-order valence-corrected chi connectivity index (χ0v) is 17.6. The third-order valence-electron chi connectivity index (χ3n) is 4.68. The maximum atomic E-state index is 14.5. The number of rotatable bonds is 12. The van der Waals surface area contributed by atoms with E-state index in [4.69, 9.17) is 9.47 Å². The molecule has 0 unspecified atom stereocenters. The van der Waals surface area contributed by atoms with E-state index < -0.39 is 6.11 Å². The van der Waals surface area contributed by atoms with Crippen LogP contribution in [0.1, 0.15) is 37.3 Å². The Labute approximate surface area is 177 Å². The molecule has 0 spiro atoms. The molecule has 0 saturated heterocycles. The highest BCUT2D eigenvalue weighted by molar-refractivity contribution is 5.86. The lowest BCUT2D eigenvalue weighted by molar-refractivity contribution is -0.185. The number of carbonyl (C=O) groups excluding carboxylic acids is 1. The van der Waals surface area contributed by atoms with E-state index in [1.54, 1.807) is 31.3 Å². The number of hydrogen-bond donors (Lipinski definition) is 0. The van der Waals surface area contributed by atoms with E-state index >= 15 is 0 Å².